The van der Waals surface area contributed by atoms with Crippen molar-refractivity contribution in [3.05, 3.63) is 23.8 Å². The van der Waals surface area contributed by atoms with Crippen molar-refractivity contribution in [3.8, 4) is 5.75 Å². The monoisotopic (exact) mass is 278 g/mol. The standard InChI is InChI=1S/C16H26N2O2/c1-4-8-17-9-11-18(12-10-17)14-6-5-7-15(20-3)16(14)13(2)19/h5-7,13,19H,4,8-12H2,1-3H3. The van der Waals surface area contributed by atoms with Crippen LogP contribution in [0.25, 0.3) is 0 Å². The fourth-order valence-electron chi connectivity index (χ4n) is 2.93. The maximum Gasteiger partial charge on any atom is 0.126 e. The molecular weight excluding hydrogens is 252 g/mol. The fourth-order valence-corrected chi connectivity index (χ4v) is 2.93. The van der Waals surface area contributed by atoms with Crippen molar-refractivity contribution in [1.29, 1.82) is 0 Å². The lowest BCUT2D eigenvalue weighted by Gasteiger charge is -2.37. The van der Waals surface area contributed by atoms with Gasteiger partial charge in [0.25, 0.3) is 0 Å². The Balaban J connectivity index is 2.17. The zero-order valence-corrected chi connectivity index (χ0v) is 12.8. The maximum atomic E-state index is 10.1. The molecular formula is C16H26N2O2. The van der Waals surface area contributed by atoms with E-state index in [0.717, 1.165) is 43.2 Å². The highest BCUT2D eigenvalue weighted by molar-refractivity contribution is 5.60. The number of rotatable bonds is 5. The van der Waals surface area contributed by atoms with Gasteiger partial charge in [-0.15, -0.1) is 0 Å². The fraction of sp³-hybridized carbons (Fsp3) is 0.625. The highest BCUT2D eigenvalue weighted by Gasteiger charge is 2.22. The second kappa shape index (κ2) is 6.95. The number of hydrogen-bond acceptors (Lipinski definition) is 4. The lowest BCUT2D eigenvalue weighted by Crippen LogP contribution is -2.46. The van der Waals surface area contributed by atoms with E-state index >= 15 is 0 Å². The van der Waals surface area contributed by atoms with Crippen LogP contribution in [0.2, 0.25) is 0 Å². The minimum Gasteiger partial charge on any atom is -0.496 e. The third kappa shape index (κ3) is 3.25. The van der Waals surface area contributed by atoms with Crippen LogP contribution in [0.5, 0.6) is 5.75 Å². The molecule has 4 heteroatoms. The lowest BCUT2D eigenvalue weighted by atomic mass is 10.0. The number of aliphatic hydroxyl groups is 1. The minimum absolute atomic E-state index is 0.519. The van der Waals surface area contributed by atoms with Gasteiger partial charge in [-0.25, -0.2) is 0 Å². The number of methoxy groups -OCH3 is 1. The summed E-state index contributed by atoms with van der Waals surface area (Å²) in [6.07, 6.45) is 0.688. The SMILES string of the molecule is CCCN1CCN(c2cccc(OC)c2C(C)O)CC1. The Morgan fingerprint density at radius 3 is 2.50 bits per heavy atom. The first-order valence-corrected chi connectivity index (χ1v) is 7.49. The molecule has 2 rings (SSSR count). The summed E-state index contributed by atoms with van der Waals surface area (Å²) in [5.41, 5.74) is 2.01. The van der Waals surface area contributed by atoms with E-state index in [-0.39, 0.29) is 0 Å². The highest BCUT2D eigenvalue weighted by atomic mass is 16.5. The summed E-state index contributed by atoms with van der Waals surface area (Å²) in [5, 5.41) is 10.1. The van der Waals surface area contributed by atoms with E-state index < -0.39 is 6.10 Å². The average Bonchev–Trinajstić information content (AvgIpc) is 2.47. The van der Waals surface area contributed by atoms with Crippen molar-refractivity contribution in [2.75, 3.05) is 44.7 Å². The molecule has 1 unspecified atom stereocenters. The van der Waals surface area contributed by atoms with Gasteiger partial charge in [-0.05, 0) is 32.0 Å². The lowest BCUT2D eigenvalue weighted by molar-refractivity contribution is 0.194. The van der Waals surface area contributed by atoms with Gasteiger partial charge >= 0.3 is 0 Å². The number of aliphatic hydroxyl groups excluding tert-OH is 1. The number of nitrogens with zero attached hydrogens (tertiary/aromatic N) is 2. The molecule has 4 nitrogen and oxygen atoms in total. The Morgan fingerprint density at radius 1 is 1.25 bits per heavy atom. The van der Waals surface area contributed by atoms with Gasteiger partial charge in [0.05, 0.1) is 13.2 Å². The molecule has 1 heterocycles. The summed E-state index contributed by atoms with van der Waals surface area (Å²) in [5.74, 6) is 0.772. The van der Waals surface area contributed by atoms with Crippen LogP contribution in [0.15, 0.2) is 18.2 Å². The molecule has 112 valence electrons. The van der Waals surface area contributed by atoms with Crippen LogP contribution in [0, 0.1) is 0 Å². The molecule has 1 N–H and O–H groups in total. The molecule has 0 aliphatic carbocycles. The van der Waals surface area contributed by atoms with Gasteiger partial charge in [0, 0.05) is 37.4 Å². The molecule has 1 aromatic rings. The van der Waals surface area contributed by atoms with Crippen LogP contribution >= 0.6 is 0 Å². The van der Waals surface area contributed by atoms with E-state index in [0.29, 0.717) is 0 Å². The molecule has 20 heavy (non-hydrogen) atoms. The Bertz CT molecular complexity index is 426. The van der Waals surface area contributed by atoms with Crippen LogP contribution in [0.3, 0.4) is 0 Å². The third-order valence-corrected chi connectivity index (χ3v) is 3.93. The van der Waals surface area contributed by atoms with Gasteiger partial charge in [0.2, 0.25) is 0 Å². The minimum atomic E-state index is -0.519. The molecule has 1 aliphatic rings. The molecule has 1 saturated heterocycles. The maximum absolute atomic E-state index is 10.1. The Morgan fingerprint density at radius 2 is 1.95 bits per heavy atom. The van der Waals surface area contributed by atoms with Gasteiger partial charge in [-0.1, -0.05) is 13.0 Å². The molecule has 1 fully saturated rings. The van der Waals surface area contributed by atoms with E-state index in [1.54, 1.807) is 14.0 Å². The molecule has 0 radical (unpaired) electrons. The first-order valence-electron chi connectivity index (χ1n) is 7.49. The summed E-state index contributed by atoms with van der Waals surface area (Å²) in [4.78, 5) is 4.86. The third-order valence-electron chi connectivity index (χ3n) is 3.93. The molecule has 1 aliphatic heterocycles. The van der Waals surface area contributed by atoms with Crippen LogP contribution in [0.1, 0.15) is 31.9 Å². The van der Waals surface area contributed by atoms with Gasteiger partial charge in [-0.3, -0.25) is 4.90 Å². The predicted molar refractivity (Wildman–Crippen MR) is 82.6 cm³/mol. The van der Waals surface area contributed by atoms with Crippen LogP contribution < -0.4 is 9.64 Å². The van der Waals surface area contributed by atoms with E-state index in [4.69, 9.17) is 4.74 Å². The van der Waals surface area contributed by atoms with Crippen molar-refractivity contribution < 1.29 is 9.84 Å². The first kappa shape index (κ1) is 15.1. The normalized spacial score (nSPS) is 18.1. The largest absolute Gasteiger partial charge is 0.496 e. The van der Waals surface area contributed by atoms with Gasteiger partial charge in [0.1, 0.15) is 5.75 Å². The van der Waals surface area contributed by atoms with Crippen LogP contribution in [-0.2, 0) is 0 Å². The molecule has 1 atom stereocenters. The summed E-state index contributed by atoms with van der Waals surface area (Å²) in [6.45, 7) is 9.39. The topological polar surface area (TPSA) is 35.9 Å². The van der Waals surface area contributed by atoms with Crippen LogP contribution in [-0.4, -0.2) is 49.8 Å². The second-order valence-corrected chi connectivity index (χ2v) is 5.40. The predicted octanol–water partition coefficient (Wildman–Crippen LogP) is 2.28. The van der Waals surface area contributed by atoms with Gasteiger partial charge < -0.3 is 14.7 Å². The summed E-state index contributed by atoms with van der Waals surface area (Å²) in [7, 11) is 1.66. The van der Waals surface area contributed by atoms with Crippen molar-refractivity contribution in [3.63, 3.8) is 0 Å². The number of anilines is 1. The molecule has 0 spiro atoms. The number of benzene rings is 1. The van der Waals surface area contributed by atoms with E-state index in [1.165, 1.54) is 13.0 Å². The first-order chi connectivity index (χ1) is 9.67. The number of hydrogen-bond donors (Lipinski definition) is 1. The smallest absolute Gasteiger partial charge is 0.126 e. The molecule has 0 aromatic heterocycles. The van der Waals surface area contributed by atoms with Crippen molar-refractivity contribution in [2.45, 2.75) is 26.4 Å². The van der Waals surface area contributed by atoms with Crippen molar-refractivity contribution in [1.82, 2.24) is 4.90 Å². The van der Waals surface area contributed by atoms with Crippen molar-refractivity contribution in [2.24, 2.45) is 0 Å². The molecule has 0 bridgehead atoms. The number of piperazine rings is 1. The van der Waals surface area contributed by atoms with Gasteiger partial charge in [0.15, 0.2) is 0 Å². The highest BCUT2D eigenvalue weighted by Crippen LogP contribution is 2.34. The summed E-state index contributed by atoms with van der Waals surface area (Å²) >= 11 is 0. The molecule has 0 amide bonds. The quantitative estimate of drug-likeness (QED) is 0.896. The molecule has 1 aromatic carbocycles. The number of ether oxygens (including phenoxy) is 1. The summed E-state index contributed by atoms with van der Waals surface area (Å²) in [6, 6.07) is 6.00. The Kier molecular flexibility index (Phi) is 5.26. The van der Waals surface area contributed by atoms with Gasteiger partial charge in [-0.2, -0.15) is 0 Å². The average molecular weight is 278 g/mol. The van der Waals surface area contributed by atoms with E-state index in [1.807, 2.05) is 12.1 Å². The zero-order valence-electron chi connectivity index (χ0n) is 12.8. The molecule has 0 saturated carbocycles. The Hall–Kier alpha value is -1.26. The summed E-state index contributed by atoms with van der Waals surface area (Å²) < 4.78 is 5.40. The van der Waals surface area contributed by atoms with E-state index in [2.05, 4.69) is 22.8 Å². The Labute approximate surface area is 122 Å². The van der Waals surface area contributed by atoms with Crippen LogP contribution in [0.4, 0.5) is 5.69 Å². The second-order valence-electron chi connectivity index (χ2n) is 5.40. The zero-order chi connectivity index (χ0) is 14.5. The van der Waals surface area contributed by atoms with E-state index in [9.17, 15) is 5.11 Å². The van der Waals surface area contributed by atoms with Crippen molar-refractivity contribution >= 4 is 5.69 Å².